The second-order valence-corrected chi connectivity index (χ2v) is 7.99. The highest BCUT2D eigenvalue weighted by Gasteiger charge is 2.28. The molecule has 2 aromatic rings. The molecule has 2 aromatic heterocycles. The van der Waals surface area contributed by atoms with Crippen LogP contribution in [0.1, 0.15) is 56.0 Å². The summed E-state index contributed by atoms with van der Waals surface area (Å²) in [5, 5.41) is 4.94. The molecule has 0 spiro atoms. The minimum atomic E-state index is 0.148. The van der Waals surface area contributed by atoms with E-state index in [-0.39, 0.29) is 5.41 Å². The van der Waals surface area contributed by atoms with E-state index >= 15 is 0 Å². The van der Waals surface area contributed by atoms with Gasteiger partial charge in [-0.05, 0) is 19.3 Å². The summed E-state index contributed by atoms with van der Waals surface area (Å²) in [6, 6.07) is 1.09. The molecule has 4 nitrogen and oxygen atoms in total. The molecule has 0 aromatic carbocycles. The molecule has 2 unspecified atom stereocenters. The average molecular weight is 304 g/mol. The first-order valence-electron chi connectivity index (χ1n) is 7.70. The Labute approximate surface area is 130 Å². The van der Waals surface area contributed by atoms with Gasteiger partial charge in [0.25, 0.3) is 0 Å². The Kier molecular flexibility index (Phi) is 4.13. The van der Waals surface area contributed by atoms with Crippen LogP contribution in [0.25, 0.3) is 0 Å². The summed E-state index contributed by atoms with van der Waals surface area (Å²) in [7, 11) is 0. The minimum absolute atomic E-state index is 0.148. The van der Waals surface area contributed by atoms with Gasteiger partial charge in [-0.25, -0.2) is 9.97 Å². The van der Waals surface area contributed by atoms with Crippen molar-refractivity contribution < 1.29 is 0 Å². The Morgan fingerprint density at radius 3 is 2.90 bits per heavy atom. The lowest BCUT2D eigenvalue weighted by molar-refractivity contribution is 0.391. The summed E-state index contributed by atoms with van der Waals surface area (Å²) in [5.41, 5.74) is 0.148. The number of hydrogen-bond donors (Lipinski definition) is 1. The summed E-state index contributed by atoms with van der Waals surface area (Å²) in [6.07, 6.45) is 11.7. The Balaban J connectivity index is 1.61. The van der Waals surface area contributed by atoms with Crippen molar-refractivity contribution in [3.8, 4) is 0 Å². The van der Waals surface area contributed by atoms with E-state index in [1.165, 1.54) is 29.1 Å². The molecule has 1 fully saturated rings. The summed E-state index contributed by atoms with van der Waals surface area (Å²) >= 11 is 1.83. The van der Waals surface area contributed by atoms with Crippen molar-refractivity contribution >= 4 is 11.3 Å². The molecule has 0 amide bonds. The van der Waals surface area contributed by atoms with E-state index in [0.717, 1.165) is 6.54 Å². The number of nitrogens with one attached hydrogen (secondary N) is 1. The van der Waals surface area contributed by atoms with Gasteiger partial charge >= 0.3 is 0 Å². The lowest BCUT2D eigenvalue weighted by Crippen LogP contribution is -2.32. The van der Waals surface area contributed by atoms with E-state index in [4.69, 9.17) is 0 Å². The lowest BCUT2D eigenvalue weighted by atomic mass is 9.98. The molecule has 0 aliphatic heterocycles. The van der Waals surface area contributed by atoms with E-state index in [1.54, 1.807) is 0 Å². The molecular formula is C16H24N4S. The molecule has 0 bridgehead atoms. The molecule has 1 aliphatic carbocycles. The highest BCUT2D eigenvalue weighted by atomic mass is 32.1. The van der Waals surface area contributed by atoms with Crippen molar-refractivity contribution in [1.82, 2.24) is 19.9 Å². The van der Waals surface area contributed by atoms with E-state index in [9.17, 15) is 0 Å². The third-order valence-electron chi connectivity index (χ3n) is 4.12. The third-order valence-corrected chi connectivity index (χ3v) is 5.54. The predicted molar refractivity (Wildman–Crippen MR) is 86.6 cm³/mol. The summed E-state index contributed by atoms with van der Waals surface area (Å²) in [5.74, 6) is 0. The first-order valence-corrected chi connectivity index (χ1v) is 8.52. The van der Waals surface area contributed by atoms with Crippen molar-refractivity contribution in [2.75, 3.05) is 0 Å². The molecule has 21 heavy (non-hydrogen) atoms. The smallest absolute Gasteiger partial charge is 0.0981 e. The van der Waals surface area contributed by atoms with Gasteiger partial charge in [0.05, 0.1) is 11.3 Å². The molecule has 3 rings (SSSR count). The van der Waals surface area contributed by atoms with Crippen LogP contribution < -0.4 is 5.32 Å². The summed E-state index contributed by atoms with van der Waals surface area (Å²) in [4.78, 5) is 10.1. The van der Waals surface area contributed by atoms with Gasteiger partial charge in [0.2, 0.25) is 0 Å². The van der Waals surface area contributed by atoms with Gasteiger partial charge in [-0.2, -0.15) is 0 Å². The SMILES string of the molecule is CC(C)(C)c1ncc(CNC2CCCC2n2ccnc2)s1. The predicted octanol–water partition coefficient (Wildman–Crippen LogP) is 3.52. The molecule has 0 saturated heterocycles. The van der Waals surface area contributed by atoms with Crippen molar-refractivity contribution in [2.24, 2.45) is 0 Å². The first-order chi connectivity index (χ1) is 10.0. The first kappa shape index (κ1) is 14.7. The fourth-order valence-corrected chi connectivity index (χ4v) is 3.89. The number of imidazole rings is 1. The second kappa shape index (κ2) is 5.89. The minimum Gasteiger partial charge on any atom is -0.333 e. The third kappa shape index (κ3) is 3.35. The number of rotatable bonds is 4. The van der Waals surface area contributed by atoms with Crippen molar-refractivity contribution in [2.45, 2.75) is 64.1 Å². The molecule has 2 atom stereocenters. The highest BCUT2D eigenvalue weighted by molar-refractivity contribution is 7.11. The van der Waals surface area contributed by atoms with Crippen LogP contribution in [0.2, 0.25) is 0 Å². The molecule has 1 aliphatic rings. The van der Waals surface area contributed by atoms with Crippen molar-refractivity contribution in [3.63, 3.8) is 0 Å². The van der Waals surface area contributed by atoms with Crippen molar-refractivity contribution in [3.05, 3.63) is 34.8 Å². The fourth-order valence-electron chi connectivity index (χ4n) is 2.97. The van der Waals surface area contributed by atoms with Gasteiger partial charge < -0.3 is 9.88 Å². The van der Waals surface area contributed by atoms with Crippen LogP contribution in [0.5, 0.6) is 0 Å². The number of nitrogens with zero attached hydrogens (tertiary/aromatic N) is 3. The quantitative estimate of drug-likeness (QED) is 0.940. The van der Waals surface area contributed by atoms with Crippen LogP contribution in [0, 0.1) is 0 Å². The monoisotopic (exact) mass is 304 g/mol. The maximum Gasteiger partial charge on any atom is 0.0981 e. The van der Waals surface area contributed by atoms with Gasteiger partial charge in [-0.3, -0.25) is 0 Å². The largest absolute Gasteiger partial charge is 0.333 e. The van der Waals surface area contributed by atoms with Gasteiger partial charge in [0, 0.05) is 47.5 Å². The van der Waals surface area contributed by atoms with Crippen LogP contribution in [0.3, 0.4) is 0 Å². The maximum absolute atomic E-state index is 4.56. The second-order valence-electron chi connectivity index (χ2n) is 6.88. The van der Waals surface area contributed by atoms with Gasteiger partial charge in [-0.15, -0.1) is 11.3 Å². The van der Waals surface area contributed by atoms with Gasteiger partial charge in [0.1, 0.15) is 0 Å². The van der Waals surface area contributed by atoms with Crippen LogP contribution in [-0.2, 0) is 12.0 Å². The van der Waals surface area contributed by atoms with Crippen molar-refractivity contribution in [1.29, 1.82) is 0 Å². The maximum atomic E-state index is 4.56. The molecular weight excluding hydrogens is 280 g/mol. The zero-order valence-electron chi connectivity index (χ0n) is 13.0. The van der Waals surface area contributed by atoms with Gasteiger partial charge in [0.15, 0.2) is 0 Å². The molecule has 114 valence electrons. The Hall–Kier alpha value is -1.20. The Morgan fingerprint density at radius 1 is 1.38 bits per heavy atom. The van der Waals surface area contributed by atoms with E-state index in [2.05, 4.69) is 46.8 Å². The van der Waals surface area contributed by atoms with E-state index in [0.29, 0.717) is 12.1 Å². The molecule has 2 heterocycles. The molecule has 0 radical (unpaired) electrons. The normalized spacial score (nSPS) is 22.8. The number of thiazole rings is 1. The Bertz CT molecular complexity index is 567. The zero-order chi connectivity index (χ0) is 14.9. The van der Waals surface area contributed by atoms with Crippen LogP contribution in [-0.4, -0.2) is 20.6 Å². The van der Waals surface area contributed by atoms with Crippen LogP contribution >= 0.6 is 11.3 Å². The standard InChI is InChI=1S/C16H24N4S/c1-16(2,3)15-19-10-12(21-15)9-18-13-5-4-6-14(13)20-8-7-17-11-20/h7-8,10-11,13-14,18H,4-6,9H2,1-3H3. The molecule has 1 saturated carbocycles. The topological polar surface area (TPSA) is 42.7 Å². The fraction of sp³-hybridized carbons (Fsp3) is 0.625. The van der Waals surface area contributed by atoms with E-state index in [1.807, 2.05) is 30.1 Å². The zero-order valence-corrected chi connectivity index (χ0v) is 13.9. The molecule has 1 N–H and O–H groups in total. The molecule has 5 heteroatoms. The highest BCUT2D eigenvalue weighted by Crippen LogP contribution is 2.31. The number of hydrogen-bond acceptors (Lipinski definition) is 4. The summed E-state index contributed by atoms with van der Waals surface area (Å²) in [6.45, 7) is 7.57. The van der Waals surface area contributed by atoms with Gasteiger partial charge in [-0.1, -0.05) is 20.8 Å². The Morgan fingerprint density at radius 2 is 2.24 bits per heavy atom. The average Bonchev–Trinajstić information content (AvgIpc) is 3.16. The lowest BCUT2D eigenvalue weighted by Gasteiger charge is -2.21. The summed E-state index contributed by atoms with van der Waals surface area (Å²) < 4.78 is 2.25. The van der Waals surface area contributed by atoms with Crippen LogP contribution in [0.15, 0.2) is 24.9 Å². The number of aromatic nitrogens is 3. The van der Waals surface area contributed by atoms with E-state index < -0.39 is 0 Å². The van der Waals surface area contributed by atoms with Crippen LogP contribution in [0.4, 0.5) is 0 Å².